The molecule has 8 heteroatoms. The van der Waals surface area contributed by atoms with E-state index in [1.54, 1.807) is 12.1 Å². The monoisotopic (exact) mass is 505 g/mol. The van der Waals surface area contributed by atoms with Crippen LogP contribution in [0.3, 0.4) is 0 Å². The maximum Gasteiger partial charge on any atom is 0.246 e. The lowest BCUT2D eigenvalue weighted by Gasteiger charge is -2.37. The van der Waals surface area contributed by atoms with Gasteiger partial charge in [-0.25, -0.2) is 0 Å². The van der Waals surface area contributed by atoms with Gasteiger partial charge >= 0.3 is 0 Å². The molecule has 0 radical (unpaired) electrons. The van der Waals surface area contributed by atoms with Gasteiger partial charge in [0.25, 0.3) is 0 Å². The second kappa shape index (κ2) is 9.26. The van der Waals surface area contributed by atoms with E-state index in [1.165, 1.54) is 4.90 Å². The number of hydrogen-bond donors (Lipinski definition) is 3. The molecule has 3 aliphatic rings. The Morgan fingerprint density at radius 2 is 1.70 bits per heavy atom. The quantitative estimate of drug-likeness (QED) is 0.536. The number of rotatable bonds is 7. The van der Waals surface area contributed by atoms with Crippen molar-refractivity contribution in [3.05, 3.63) is 66.2 Å². The highest BCUT2D eigenvalue weighted by molar-refractivity contribution is 6.02. The number of likely N-dealkylation sites (tertiary alicyclic amines) is 1. The van der Waals surface area contributed by atoms with Crippen LogP contribution in [0.1, 0.15) is 45.7 Å². The molecule has 7 atom stereocenters. The smallest absolute Gasteiger partial charge is 0.246 e. The van der Waals surface area contributed by atoms with Crippen molar-refractivity contribution in [3.63, 3.8) is 0 Å². The number of hydrogen-bond acceptors (Lipinski definition) is 5. The molecule has 2 aromatic rings. The molecule has 37 heavy (non-hydrogen) atoms. The van der Waals surface area contributed by atoms with Crippen LogP contribution in [-0.2, 0) is 19.1 Å². The van der Waals surface area contributed by atoms with Gasteiger partial charge in [-0.15, -0.1) is 0 Å². The highest BCUT2D eigenvalue weighted by Gasteiger charge is 2.80. The number of aliphatic hydroxyl groups excluding tert-OH is 1. The van der Waals surface area contributed by atoms with Gasteiger partial charge in [-0.3, -0.25) is 14.4 Å². The number of carbonyl (C=O) groups is 3. The van der Waals surface area contributed by atoms with Gasteiger partial charge in [0.05, 0.1) is 30.1 Å². The average molecular weight is 506 g/mol. The average Bonchev–Trinajstić information content (AvgIpc) is 3.37. The molecule has 3 saturated heterocycles. The molecule has 3 amide bonds. The lowest BCUT2D eigenvalue weighted by Crippen LogP contribution is -2.57. The Labute approximate surface area is 217 Å². The highest BCUT2D eigenvalue weighted by atomic mass is 16.5. The SMILES string of the molecule is CC(C)NC(=O)C1N([C@H](CO)c2ccccc2)C(=O)[C@@H]2[C@H](C(=O)Nc3ccccc3)[C@@]3(C)OC12CC3C. The lowest BCUT2D eigenvalue weighted by atomic mass is 9.62. The zero-order chi connectivity index (χ0) is 26.5. The number of nitrogens with zero attached hydrogens (tertiary/aromatic N) is 1. The van der Waals surface area contributed by atoms with Crippen LogP contribution in [0.2, 0.25) is 0 Å². The molecule has 0 aliphatic carbocycles. The van der Waals surface area contributed by atoms with E-state index in [9.17, 15) is 19.5 Å². The van der Waals surface area contributed by atoms with E-state index in [0.29, 0.717) is 12.1 Å². The molecule has 0 aromatic heterocycles. The fraction of sp³-hybridized carbons (Fsp3) is 0.483. The van der Waals surface area contributed by atoms with Crippen LogP contribution in [0.25, 0.3) is 0 Å². The fourth-order valence-electron chi connectivity index (χ4n) is 6.85. The third kappa shape index (κ3) is 3.85. The topological polar surface area (TPSA) is 108 Å². The Bertz CT molecular complexity index is 1190. The summed E-state index contributed by atoms with van der Waals surface area (Å²) in [5.74, 6) is -2.68. The third-order valence-corrected chi connectivity index (χ3v) is 8.45. The Kier molecular flexibility index (Phi) is 6.36. The van der Waals surface area contributed by atoms with Crippen LogP contribution in [0, 0.1) is 17.8 Å². The molecular weight excluding hydrogens is 470 g/mol. The molecular formula is C29H35N3O5. The van der Waals surface area contributed by atoms with Crippen LogP contribution in [-0.4, -0.2) is 57.6 Å². The van der Waals surface area contributed by atoms with Crippen molar-refractivity contribution in [3.8, 4) is 0 Å². The van der Waals surface area contributed by atoms with Crippen molar-refractivity contribution < 1.29 is 24.2 Å². The first kappa shape index (κ1) is 25.4. The minimum atomic E-state index is -1.18. The lowest BCUT2D eigenvalue weighted by molar-refractivity contribution is -0.150. The van der Waals surface area contributed by atoms with E-state index in [2.05, 4.69) is 10.6 Å². The van der Waals surface area contributed by atoms with E-state index in [1.807, 2.05) is 76.2 Å². The standard InChI is InChI=1S/C29H35N3O5/c1-17(2)30-26(35)24-29-15-18(3)28(4,37-29)22(25(34)31-20-13-9-6-10-14-20)23(29)27(36)32(24)21(16-33)19-11-7-5-8-12-19/h5-14,17-18,21-24,33H,15-16H2,1-4H3,(H,30,35)(H,31,34)/t18?,21-,22-,23+,24?,28+,29?/m1/s1. The zero-order valence-electron chi connectivity index (χ0n) is 21.7. The molecule has 196 valence electrons. The zero-order valence-corrected chi connectivity index (χ0v) is 21.7. The van der Waals surface area contributed by atoms with Gasteiger partial charge in [-0.05, 0) is 50.8 Å². The molecule has 3 fully saturated rings. The summed E-state index contributed by atoms with van der Waals surface area (Å²) >= 11 is 0. The summed E-state index contributed by atoms with van der Waals surface area (Å²) in [6.07, 6.45) is 0.467. The predicted molar refractivity (Wildman–Crippen MR) is 138 cm³/mol. The molecule has 1 spiro atoms. The predicted octanol–water partition coefficient (Wildman–Crippen LogP) is 2.89. The van der Waals surface area contributed by atoms with Gasteiger partial charge in [0, 0.05) is 11.7 Å². The minimum absolute atomic E-state index is 0.0679. The molecule has 0 saturated carbocycles. The van der Waals surface area contributed by atoms with Crippen LogP contribution in [0.4, 0.5) is 5.69 Å². The van der Waals surface area contributed by atoms with Gasteiger partial charge in [0.2, 0.25) is 17.7 Å². The largest absolute Gasteiger partial charge is 0.394 e. The summed E-state index contributed by atoms with van der Waals surface area (Å²) in [7, 11) is 0. The molecule has 3 aliphatic heterocycles. The summed E-state index contributed by atoms with van der Waals surface area (Å²) in [6, 6.07) is 16.4. The van der Waals surface area contributed by atoms with Gasteiger partial charge in [-0.1, -0.05) is 55.5 Å². The second-order valence-corrected chi connectivity index (χ2v) is 11.1. The first-order valence-electron chi connectivity index (χ1n) is 13.0. The molecule has 2 aromatic carbocycles. The summed E-state index contributed by atoms with van der Waals surface area (Å²) in [5.41, 5.74) is -0.737. The normalized spacial score (nSPS) is 32.9. The number of aliphatic hydroxyl groups is 1. The minimum Gasteiger partial charge on any atom is -0.394 e. The number of amides is 3. The van der Waals surface area contributed by atoms with Gasteiger partial charge in [0.1, 0.15) is 11.6 Å². The number of anilines is 1. The van der Waals surface area contributed by atoms with Crippen molar-refractivity contribution in [1.29, 1.82) is 0 Å². The Balaban J connectivity index is 1.61. The summed E-state index contributed by atoms with van der Waals surface area (Å²) in [6.45, 7) is 7.26. The van der Waals surface area contributed by atoms with E-state index >= 15 is 0 Å². The van der Waals surface area contributed by atoms with E-state index < -0.39 is 35.1 Å². The Morgan fingerprint density at radius 3 is 2.30 bits per heavy atom. The third-order valence-electron chi connectivity index (χ3n) is 8.45. The Hall–Kier alpha value is -3.23. The van der Waals surface area contributed by atoms with Gasteiger partial charge in [0.15, 0.2) is 0 Å². The molecule has 3 heterocycles. The summed E-state index contributed by atoms with van der Waals surface area (Å²) in [5, 5.41) is 16.4. The maximum absolute atomic E-state index is 14.3. The summed E-state index contributed by atoms with van der Waals surface area (Å²) < 4.78 is 6.74. The van der Waals surface area contributed by atoms with E-state index in [-0.39, 0.29) is 36.3 Å². The van der Waals surface area contributed by atoms with Gasteiger partial charge < -0.3 is 25.4 Å². The number of nitrogens with one attached hydrogen (secondary N) is 2. The van der Waals surface area contributed by atoms with E-state index in [4.69, 9.17) is 4.74 Å². The maximum atomic E-state index is 14.3. The molecule has 3 unspecified atom stereocenters. The number of ether oxygens (including phenoxy) is 1. The first-order valence-corrected chi connectivity index (χ1v) is 13.0. The van der Waals surface area contributed by atoms with Crippen molar-refractivity contribution >= 4 is 23.4 Å². The molecule has 3 N–H and O–H groups in total. The highest BCUT2D eigenvalue weighted by Crippen LogP contribution is 2.66. The van der Waals surface area contributed by atoms with E-state index in [0.717, 1.165) is 5.56 Å². The van der Waals surface area contributed by atoms with Crippen LogP contribution in [0.15, 0.2) is 60.7 Å². The fourth-order valence-corrected chi connectivity index (χ4v) is 6.85. The molecule has 2 bridgehead atoms. The van der Waals surface area contributed by atoms with Crippen LogP contribution < -0.4 is 10.6 Å². The van der Waals surface area contributed by atoms with Crippen molar-refractivity contribution in [2.24, 2.45) is 17.8 Å². The summed E-state index contributed by atoms with van der Waals surface area (Å²) in [4.78, 5) is 43.4. The number of carbonyl (C=O) groups excluding carboxylic acids is 3. The van der Waals surface area contributed by atoms with Crippen molar-refractivity contribution in [2.45, 2.75) is 63.4 Å². The van der Waals surface area contributed by atoms with Crippen LogP contribution >= 0.6 is 0 Å². The van der Waals surface area contributed by atoms with Crippen LogP contribution in [0.5, 0.6) is 0 Å². The number of para-hydroxylation sites is 1. The van der Waals surface area contributed by atoms with Crippen molar-refractivity contribution in [2.75, 3.05) is 11.9 Å². The van der Waals surface area contributed by atoms with Gasteiger partial charge in [-0.2, -0.15) is 0 Å². The number of fused-ring (bicyclic) bond motifs is 1. The first-order chi connectivity index (χ1) is 17.6. The molecule has 8 nitrogen and oxygen atoms in total. The molecule has 5 rings (SSSR count). The second-order valence-electron chi connectivity index (χ2n) is 11.1. The Morgan fingerprint density at radius 1 is 1.08 bits per heavy atom. The van der Waals surface area contributed by atoms with Crippen molar-refractivity contribution in [1.82, 2.24) is 10.2 Å². The number of benzene rings is 2.